The SMILES string of the molecule is CC(C)c1ccc(SC2=NOC(C#N)C2)cc1. The smallest absolute Gasteiger partial charge is 0.218 e. The summed E-state index contributed by atoms with van der Waals surface area (Å²) in [6.45, 7) is 4.35. The van der Waals surface area contributed by atoms with E-state index in [4.69, 9.17) is 10.1 Å². The molecular weight excluding hydrogens is 232 g/mol. The van der Waals surface area contributed by atoms with Crippen LogP contribution in [0.4, 0.5) is 0 Å². The molecule has 4 heteroatoms. The summed E-state index contributed by atoms with van der Waals surface area (Å²) in [6.07, 6.45) is 0.181. The normalized spacial score (nSPS) is 18.7. The van der Waals surface area contributed by atoms with Crippen LogP contribution >= 0.6 is 11.8 Å². The Morgan fingerprint density at radius 1 is 1.41 bits per heavy atom. The van der Waals surface area contributed by atoms with Crippen molar-refractivity contribution in [3.63, 3.8) is 0 Å². The number of benzene rings is 1. The largest absolute Gasteiger partial charge is 0.376 e. The molecule has 0 radical (unpaired) electrons. The molecule has 0 N–H and O–H groups in total. The van der Waals surface area contributed by atoms with Gasteiger partial charge in [0.1, 0.15) is 11.1 Å². The average Bonchev–Trinajstić information content (AvgIpc) is 2.77. The van der Waals surface area contributed by atoms with Gasteiger partial charge in [-0.05, 0) is 23.6 Å². The highest BCUT2D eigenvalue weighted by atomic mass is 32.2. The van der Waals surface area contributed by atoms with E-state index in [1.165, 1.54) is 5.56 Å². The third kappa shape index (κ3) is 3.01. The second kappa shape index (κ2) is 5.24. The molecule has 0 aromatic heterocycles. The van der Waals surface area contributed by atoms with Gasteiger partial charge in [-0.3, -0.25) is 0 Å². The molecule has 0 spiro atoms. The van der Waals surface area contributed by atoms with Crippen molar-refractivity contribution in [2.45, 2.75) is 37.2 Å². The number of rotatable bonds is 2. The van der Waals surface area contributed by atoms with Crippen molar-refractivity contribution in [1.29, 1.82) is 5.26 Å². The van der Waals surface area contributed by atoms with Gasteiger partial charge in [-0.25, -0.2) is 0 Å². The van der Waals surface area contributed by atoms with Gasteiger partial charge in [0.2, 0.25) is 6.10 Å². The summed E-state index contributed by atoms with van der Waals surface area (Å²) < 4.78 is 0. The lowest BCUT2D eigenvalue weighted by Crippen LogP contribution is -2.01. The van der Waals surface area contributed by atoms with Crippen LogP contribution in [0.15, 0.2) is 34.3 Å². The van der Waals surface area contributed by atoms with Crippen molar-refractivity contribution in [2.75, 3.05) is 0 Å². The van der Waals surface area contributed by atoms with Crippen LogP contribution in [0.2, 0.25) is 0 Å². The van der Waals surface area contributed by atoms with Crippen LogP contribution in [-0.4, -0.2) is 11.1 Å². The predicted molar refractivity (Wildman–Crippen MR) is 68.9 cm³/mol. The topological polar surface area (TPSA) is 45.4 Å². The Kier molecular flexibility index (Phi) is 3.70. The molecule has 0 bridgehead atoms. The van der Waals surface area contributed by atoms with Crippen molar-refractivity contribution in [2.24, 2.45) is 5.16 Å². The van der Waals surface area contributed by atoms with Crippen LogP contribution in [-0.2, 0) is 4.84 Å². The Morgan fingerprint density at radius 2 is 2.12 bits per heavy atom. The minimum atomic E-state index is -0.410. The van der Waals surface area contributed by atoms with Gasteiger partial charge < -0.3 is 4.84 Å². The molecule has 17 heavy (non-hydrogen) atoms. The zero-order valence-corrected chi connectivity index (χ0v) is 10.7. The minimum absolute atomic E-state index is 0.410. The van der Waals surface area contributed by atoms with Gasteiger partial charge in [-0.1, -0.05) is 42.9 Å². The number of hydrogen-bond donors (Lipinski definition) is 0. The zero-order valence-electron chi connectivity index (χ0n) is 9.88. The van der Waals surface area contributed by atoms with Crippen LogP contribution < -0.4 is 0 Å². The van der Waals surface area contributed by atoms with Crippen LogP contribution in [0.3, 0.4) is 0 Å². The van der Waals surface area contributed by atoms with Gasteiger partial charge in [0, 0.05) is 4.90 Å². The van der Waals surface area contributed by atoms with Crippen molar-refractivity contribution in [3.05, 3.63) is 29.8 Å². The van der Waals surface area contributed by atoms with Crippen LogP contribution in [0, 0.1) is 11.3 Å². The molecule has 0 aliphatic carbocycles. The number of thioether (sulfide) groups is 1. The van der Waals surface area contributed by atoms with E-state index < -0.39 is 6.10 Å². The molecule has 1 aromatic carbocycles. The van der Waals surface area contributed by atoms with E-state index in [0.29, 0.717) is 12.3 Å². The maximum atomic E-state index is 8.69. The average molecular weight is 246 g/mol. The van der Waals surface area contributed by atoms with Gasteiger partial charge in [0.05, 0.1) is 6.42 Å². The van der Waals surface area contributed by atoms with E-state index in [1.54, 1.807) is 11.8 Å². The van der Waals surface area contributed by atoms with Crippen molar-refractivity contribution in [3.8, 4) is 6.07 Å². The first-order chi connectivity index (χ1) is 8.19. The van der Waals surface area contributed by atoms with E-state index >= 15 is 0 Å². The Labute approximate surface area is 105 Å². The number of nitrogens with zero attached hydrogens (tertiary/aromatic N) is 2. The van der Waals surface area contributed by atoms with E-state index in [9.17, 15) is 0 Å². The monoisotopic (exact) mass is 246 g/mol. The maximum absolute atomic E-state index is 8.69. The summed E-state index contributed by atoms with van der Waals surface area (Å²) in [5.74, 6) is 0.546. The summed E-state index contributed by atoms with van der Waals surface area (Å²) in [6, 6.07) is 10.5. The highest BCUT2D eigenvalue weighted by Gasteiger charge is 2.20. The third-order valence-corrected chi connectivity index (χ3v) is 3.55. The van der Waals surface area contributed by atoms with E-state index in [2.05, 4.69) is 49.3 Å². The highest BCUT2D eigenvalue weighted by molar-refractivity contribution is 8.14. The molecule has 1 unspecified atom stereocenters. The summed E-state index contributed by atoms with van der Waals surface area (Å²) in [5, 5.41) is 13.5. The van der Waals surface area contributed by atoms with Gasteiger partial charge >= 0.3 is 0 Å². The van der Waals surface area contributed by atoms with Gasteiger partial charge in [0.15, 0.2) is 0 Å². The zero-order chi connectivity index (χ0) is 12.3. The molecule has 1 aliphatic rings. The fourth-order valence-corrected chi connectivity index (χ4v) is 2.40. The summed E-state index contributed by atoms with van der Waals surface area (Å²) >= 11 is 1.56. The van der Waals surface area contributed by atoms with Crippen LogP contribution in [0.25, 0.3) is 0 Å². The molecule has 1 heterocycles. The van der Waals surface area contributed by atoms with Gasteiger partial charge in [-0.15, -0.1) is 0 Å². The first kappa shape index (κ1) is 12.0. The molecule has 1 atom stereocenters. The fraction of sp³-hybridized carbons (Fsp3) is 0.385. The molecule has 0 saturated heterocycles. The number of oxime groups is 1. The Morgan fingerprint density at radius 3 is 2.65 bits per heavy atom. The second-order valence-corrected chi connectivity index (χ2v) is 5.38. The third-order valence-electron chi connectivity index (χ3n) is 2.57. The Balaban J connectivity index is 1.99. The fourth-order valence-electron chi connectivity index (χ4n) is 1.54. The minimum Gasteiger partial charge on any atom is -0.376 e. The molecule has 2 rings (SSSR count). The standard InChI is InChI=1S/C13H14N2OS/c1-9(2)10-3-5-12(6-4-10)17-13-7-11(8-14)16-15-13/h3-6,9,11H,7H2,1-2H3. The van der Waals surface area contributed by atoms with Crippen LogP contribution in [0.5, 0.6) is 0 Å². The summed E-state index contributed by atoms with van der Waals surface area (Å²) in [4.78, 5) is 6.09. The summed E-state index contributed by atoms with van der Waals surface area (Å²) in [7, 11) is 0. The van der Waals surface area contributed by atoms with Gasteiger partial charge in [-0.2, -0.15) is 5.26 Å². The molecule has 0 fully saturated rings. The summed E-state index contributed by atoms with van der Waals surface area (Å²) in [5.41, 5.74) is 1.33. The first-order valence-corrected chi connectivity index (χ1v) is 6.41. The van der Waals surface area contributed by atoms with Crippen molar-refractivity contribution < 1.29 is 4.84 Å². The van der Waals surface area contributed by atoms with E-state index in [1.807, 2.05) is 0 Å². The van der Waals surface area contributed by atoms with Crippen molar-refractivity contribution in [1.82, 2.24) is 0 Å². The molecule has 3 nitrogen and oxygen atoms in total. The lowest BCUT2D eigenvalue weighted by molar-refractivity contribution is 0.125. The molecule has 88 valence electrons. The quantitative estimate of drug-likeness (QED) is 0.802. The molecule has 0 amide bonds. The number of hydrogen-bond acceptors (Lipinski definition) is 4. The van der Waals surface area contributed by atoms with Crippen molar-refractivity contribution >= 4 is 16.8 Å². The molecular formula is C13H14N2OS. The predicted octanol–water partition coefficient (Wildman–Crippen LogP) is 3.53. The second-order valence-electron chi connectivity index (χ2n) is 4.24. The lowest BCUT2D eigenvalue weighted by Gasteiger charge is -2.05. The molecule has 1 aliphatic heterocycles. The van der Waals surface area contributed by atoms with Crippen LogP contribution in [0.1, 0.15) is 31.7 Å². The molecule has 1 aromatic rings. The highest BCUT2D eigenvalue weighted by Crippen LogP contribution is 2.27. The molecule has 0 saturated carbocycles. The van der Waals surface area contributed by atoms with Gasteiger partial charge in [0.25, 0.3) is 0 Å². The maximum Gasteiger partial charge on any atom is 0.218 e. The number of nitriles is 1. The lowest BCUT2D eigenvalue weighted by atomic mass is 10.0. The Bertz CT molecular complexity index is 459. The Hall–Kier alpha value is -1.47. The first-order valence-electron chi connectivity index (χ1n) is 5.59. The van der Waals surface area contributed by atoms with E-state index in [0.717, 1.165) is 9.94 Å². The van der Waals surface area contributed by atoms with E-state index in [-0.39, 0.29) is 0 Å².